The molecule has 9 heteroatoms. The van der Waals surface area contributed by atoms with E-state index in [-0.39, 0.29) is 17.3 Å². The molecule has 3 aromatic carbocycles. The number of sulfonamides is 1. The lowest BCUT2D eigenvalue weighted by Crippen LogP contribution is -2.52. The van der Waals surface area contributed by atoms with Gasteiger partial charge in [-0.1, -0.05) is 48.0 Å². The first-order chi connectivity index (χ1) is 18.0. The molecule has 202 valence electrons. The van der Waals surface area contributed by atoms with E-state index in [0.717, 1.165) is 21.0 Å². The second-order valence-corrected chi connectivity index (χ2v) is 11.4. The molecule has 0 aliphatic heterocycles. The summed E-state index contributed by atoms with van der Waals surface area (Å²) >= 11 is 5.99. The normalized spacial score (nSPS) is 12.0. The molecule has 0 aromatic heterocycles. The summed E-state index contributed by atoms with van der Waals surface area (Å²) in [5, 5.41) is 3.17. The molecule has 7 nitrogen and oxygen atoms in total. The Morgan fingerprint density at radius 2 is 1.61 bits per heavy atom. The number of hydrogen-bond donors (Lipinski definition) is 1. The van der Waals surface area contributed by atoms with Crippen molar-refractivity contribution in [3.05, 3.63) is 94.5 Å². The molecule has 3 rings (SSSR count). The van der Waals surface area contributed by atoms with Crippen molar-refractivity contribution in [3.63, 3.8) is 0 Å². The van der Waals surface area contributed by atoms with Gasteiger partial charge in [0.2, 0.25) is 11.8 Å². The molecule has 0 aliphatic rings. The third-order valence-electron chi connectivity index (χ3n) is 6.46. The van der Waals surface area contributed by atoms with Crippen LogP contribution in [0.4, 0.5) is 5.69 Å². The molecule has 0 heterocycles. The van der Waals surface area contributed by atoms with E-state index in [0.29, 0.717) is 23.7 Å². The number of likely N-dealkylation sites (N-methyl/N-ethyl adjacent to an activating group) is 1. The first-order valence-electron chi connectivity index (χ1n) is 12.5. The van der Waals surface area contributed by atoms with Gasteiger partial charge in [-0.3, -0.25) is 13.9 Å². The molecule has 0 radical (unpaired) electrons. The molecule has 0 spiro atoms. The maximum Gasteiger partial charge on any atom is 0.264 e. The maximum absolute atomic E-state index is 13.8. The minimum atomic E-state index is -4.13. The van der Waals surface area contributed by atoms with E-state index in [1.165, 1.54) is 29.2 Å². The smallest absolute Gasteiger partial charge is 0.264 e. The lowest BCUT2D eigenvalue weighted by molar-refractivity contribution is -0.138. The molecule has 0 saturated carbocycles. The summed E-state index contributed by atoms with van der Waals surface area (Å²) in [6.45, 7) is 7.49. The first kappa shape index (κ1) is 29.2. The van der Waals surface area contributed by atoms with E-state index in [4.69, 9.17) is 11.6 Å². The van der Waals surface area contributed by atoms with Crippen LogP contribution >= 0.6 is 11.6 Å². The van der Waals surface area contributed by atoms with Crippen molar-refractivity contribution in [2.24, 2.45) is 0 Å². The van der Waals surface area contributed by atoms with E-state index < -0.39 is 28.5 Å². The largest absolute Gasteiger partial charge is 0.355 e. The Morgan fingerprint density at radius 1 is 0.947 bits per heavy atom. The molecule has 0 aliphatic carbocycles. The van der Waals surface area contributed by atoms with Gasteiger partial charge < -0.3 is 10.2 Å². The summed E-state index contributed by atoms with van der Waals surface area (Å²) in [4.78, 5) is 28.0. The number of nitrogens with zero attached hydrogens (tertiary/aromatic N) is 2. The minimum absolute atomic E-state index is 0.0144. The Balaban J connectivity index is 2.00. The monoisotopic (exact) mass is 555 g/mol. The van der Waals surface area contributed by atoms with Crippen LogP contribution in [0, 0.1) is 13.8 Å². The number of nitrogens with one attached hydrogen (secondary N) is 1. The van der Waals surface area contributed by atoms with Gasteiger partial charge >= 0.3 is 0 Å². The molecule has 0 bridgehead atoms. The van der Waals surface area contributed by atoms with E-state index in [1.807, 2.05) is 50.2 Å². The van der Waals surface area contributed by atoms with Crippen molar-refractivity contribution in [1.82, 2.24) is 10.2 Å². The molecule has 3 aromatic rings. The topological polar surface area (TPSA) is 86.8 Å². The molecule has 38 heavy (non-hydrogen) atoms. The van der Waals surface area contributed by atoms with Gasteiger partial charge in [0.15, 0.2) is 0 Å². The SMILES string of the molecule is CCNC(=O)[C@H](C)N(CCc1ccccc1)C(=O)CN(c1ccc(C)c(C)c1)S(=O)(=O)c1ccc(Cl)cc1. The van der Waals surface area contributed by atoms with E-state index in [1.54, 1.807) is 26.0 Å². The van der Waals surface area contributed by atoms with Gasteiger partial charge in [0, 0.05) is 18.1 Å². The highest BCUT2D eigenvalue weighted by atomic mass is 35.5. The predicted octanol–water partition coefficient (Wildman–Crippen LogP) is 4.75. The molecular weight excluding hydrogens is 522 g/mol. The van der Waals surface area contributed by atoms with Gasteiger partial charge in [0.1, 0.15) is 12.6 Å². The van der Waals surface area contributed by atoms with Gasteiger partial charge in [-0.15, -0.1) is 0 Å². The fraction of sp³-hybridized carbons (Fsp3) is 0.310. The van der Waals surface area contributed by atoms with E-state index in [9.17, 15) is 18.0 Å². The number of amides is 2. The summed E-state index contributed by atoms with van der Waals surface area (Å²) in [5.41, 5.74) is 3.26. The molecule has 1 N–H and O–H groups in total. The number of aryl methyl sites for hydroxylation is 2. The predicted molar refractivity (Wildman–Crippen MR) is 152 cm³/mol. The highest BCUT2D eigenvalue weighted by Crippen LogP contribution is 2.27. The quantitative estimate of drug-likeness (QED) is 0.370. The van der Waals surface area contributed by atoms with Crippen LogP contribution in [0.1, 0.15) is 30.5 Å². The lowest BCUT2D eigenvalue weighted by atomic mass is 10.1. The highest BCUT2D eigenvalue weighted by molar-refractivity contribution is 7.92. The zero-order valence-electron chi connectivity index (χ0n) is 22.1. The van der Waals surface area contributed by atoms with Gasteiger partial charge in [-0.2, -0.15) is 0 Å². The van der Waals surface area contributed by atoms with Crippen LogP contribution in [0.15, 0.2) is 77.7 Å². The Labute approximate surface area is 230 Å². The summed E-state index contributed by atoms with van der Waals surface area (Å²) in [5.74, 6) is -0.775. The average molecular weight is 556 g/mol. The molecule has 0 fully saturated rings. The molecule has 1 atom stereocenters. The number of benzene rings is 3. The Kier molecular flexibility index (Phi) is 9.94. The van der Waals surface area contributed by atoms with Crippen molar-refractivity contribution < 1.29 is 18.0 Å². The van der Waals surface area contributed by atoms with E-state index in [2.05, 4.69) is 5.32 Å². The summed E-state index contributed by atoms with van der Waals surface area (Å²) in [7, 11) is -4.13. The second kappa shape index (κ2) is 12.9. The molecule has 0 saturated heterocycles. The molecule has 0 unspecified atom stereocenters. The number of carbonyl (C=O) groups is 2. The van der Waals surface area contributed by atoms with Gasteiger partial charge in [-0.05, 0) is 87.2 Å². The minimum Gasteiger partial charge on any atom is -0.355 e. The van der Waals surface area contributed by atoms with Crippen molar-refractivity contribution in [2.45, 2.75) is 45.1 Å². The van der Waals surface area contributed by atoms with E-state index >= 15 is 0 Å². The highest BCUT2D eigenvalue weighted by Gasteiger charge is 2.32. The van der Waals surface area contributed by atoms with Crippen LogP contribution in [0.2, 0.25) is 5.02 Å². The van der Waals surface area contributed by atoms with Crippen LogP contribution in [0.5, 0.6) is 0 Å². The maximum atomic E-state index is 13.8. The second-order valence-electron chi connectivity index (χ2n) is 9.13. The van der Waals surface area contributed by atoms with Gasteiger partial charge in [0.05, 0.1) is 10.6 Å². The zero-order valence-corrected chi connectivity index (χ0v) is 23.7. The Bertz CT molecular complexity index is 1360. The fourth-order valence-corrected chi connectivity index (χ4v) is 5.57. The van der Waals surface area contributed by atoms with Crippen LogP contribution in [0.3, 0.4) is 0 Å². The Hall–Kier alpha value is -3.36. The summed E-state index contributed by atoms with van der Waals surface area (Å²) in [6.07, 6.45) is 0.518. The van der Waals surface area contributed by atoms with Crippen LogP contribution in [-0.4, -0.2) is 50.8 Å². The standard InChI is InChI=1S/C29H34ClN3O4S/c1-5-31-29(35)23(4)32(18-17-24-9-7-6-8-10-24)28(34)20-33(26-14-11-21(2)22(3)19-26)38(36,37)27-15-12-25(30)13-16-27/h6-16,19,23H,5,17-18,20H2,1-4H3,(H,31,35)/t23-/m0/s1. The number of anilines is 1. The fourth-order valence-electron chi connectivity index (χ4n) is 4.04. The first-order valence-corrected chi connectivity index (χ1v) is 14.3. The van der Waals surface area contributed by atoms with Crippen molar-refractivity contribution in [1.29, 1.82) is 0 Å². The summed E-state index contributed by atoms with van der Waals surface area (Å²) in [6, 6.07) is 19.9. The zero-order chi connectivity index (χ0) is 27.9. The van der Waals surface area contributed by atoms with Crippen molar-refractivity contribution >= 4 is 39.1 Å². The number of hydrogen-bond acceptors (Lipinski definition) is 4. The van der Waals surface area contributed by atoms with Crippen molar-refractivity contribution in [3.8, 4) is 0 Å². The summed E-state index contributed by atoms with van der Waals surface area (Å²) < 4.78 is 28.7. The van der Waals surface area contributed by atoms with Gasteiger partial charge in [0.25, 0.3) is 10.0 Å². The number of rotatable bonds is 11. The average Bonchev–Trinajstić information content (AvgIpc) is 2.90. The van der Waals surface area contributed by atoms with Crippen molar-refractivity contribution in [2.75, 3.05) is 23.9 Å². The third kappa shape index (κ3) is 7.14. The lowest BCUT2D eigenvalue weighted by Gasteiger charge is -2.32. The molecular formula is C29H34ClN3O4S. The number of halogens is 1. The van der Waals surface area contributed by atoms with Gasteiger partial charge in [-0.25, -0.2) is 8.42 Å². The number of carbonyl (C=O) groups excluding carboxylic acids is 2. The van der Waals surface area contributed by atoms with Crippen LogP contribution in [-0.2, 0) is 26.0 Å². The van der Waals surface area contributed by atoms with Crippen LogP contribution in [0.25, 0.3) is 0 Å². The Morgan fingerprint density at radius 3 is 2.21 bits per heavy atom. The third-order valence-corrected chi connectivity index (χ3v) is 8.50. The van der Waals surface area contributed by atoms with Crippen LogP contribution < -0.4 is 9.62 Å². The molecule has 2 amide bonds.